The molecule has 1 aromatic carbocycles. The van der Waals surface area contributed by atoms with Crippen LogP contribution in [0.3, 0.4) is 0 Å². The topological polar surface area (TPSA) is 0 Å². The van der Waals surface area contributed by atoms with Crippen molar-refractivity contribution in [3.05, 3.63) is 33.0 Å². The van der Waals surface area contributed by atoms with Crippen LogP contribution in [0.2, 0.25) is 5.02 Å². The average molecular weight is 314 g/mol. The Morgan fingerprint density at radius 1 is 1.47 bits per heavy atom. The predicted octanol–water partition coefficient (Wildman–Crippen LogP) is 5.57. The molecule has 84 valence electrons. The fourth-order valence-electron chi connectivity index (χ4n) is 1.26. The molecule has 0 radical (unpaired) electrons. The SMILES string of the molecule is CCC(C)C(Cl)c1cc(Cl)c(Br)cc1F. The molecule has 1 aromatic rings. The summed E-state index contributed by atoms with van der Waals surface area (Å²) in [5, 5.41) is 0.154. The van der Waals surface area contributed by atoms with Gasteiger partial charge in [0, 0.05) is 10.0 Å². The van der Waals surface area contributed by atoms with E-state index in [9.17, 15) is 4.39 Å². The van der Waals surface area contributed by atoms with Gasteiger partial charge in [-0.05, 0) is 34.0 Å². The van der Waals surface area contributed by atoms with Crippen LogP contribution < -0.4 is 0 Å². The van der Waals surface area contributed by atoms with Gasteiger partial charge in [0.25, 0.3) is 0 Å². The highest BCUT2D eigenvalue weighted by Gasteiger charge is 2.20. The average Bonchev–Trinajstić information content (AvgIpc) is 2.21. The minimum atomic E-state index is -0.333. The lowest BCUT2D eigenvalue weighted by Crippen LogP contribution is -2.05. The molecule has 2 atom stereocenters. The zero-order valence-electron chi connectivity index (χ0n) is 8.53. The standard InChI is InChI=1S/C11H12BrCl2F/c1-3-6(2)11(14)7-4-9(13)8(12)5-10(7)15/h4-6,11H,3H2,1-2H3. The Bertz CT molecular complexity index is 355. The number of benzene rings is 1. The van der Waals surface area contributed by atoms with Crippen molar-refractivity contribution < 1.29 is 4.39 Å². The number of halogens is 4. The third-order valence-corrected chi connectivity index (χ3v) is 4.34. The fourth-order valence-corrected chi connectivity index (χ4v) is 2.10. The molecule has 1 rings (SSSR count). The largest absolute Gasteiger partial charge is 0.207 e. The molecule has 0 saturated carbocycles. The number of alkyl halides is 1. The highest BCUT2D eigenvalue weighted by molar-refractivity contribution is 9.10. The Labute approximate surface area is 108 Å². The maximum atomic E-state index is 13.6. The Morgan fingerprint density at radius 2 is 2.07 bits per heavy atom. The fraction of sp³-hybridized carbons (Fsp3) is 0.455. The van der Waals surface area contributed by atoms with Gasteiger partial charge in [0.15, 0.2) is 0 Å². The van der Waals surface area contributed by atoms with Crippen LogP contribution in [0, 0.1) is 11.7 Å². The molecule has 0 nitrogen and oxygen atoms in total. The summed E-state index contributed by atoms with van der Waals surface area (Å²) in [6.45, 7) is 4.02. The Balaban J connectivity index is 3.09. The normalized spacial score (nSPS) is 15.1. The van der Waals surface area contributed by atoms with Crippen LogP contribution in [0.15, 0.2) is 16.6 Å². The molecule has 0 aromatic heterocycles. The van der Waals surface area contributed by atoms with E-state index in [1.54, 1.807) is 6.07 Å². The van der Waals surface area contributed by atoms with Crippen LogP contribution in [0.25, 0.3) is 0 Å². The van der Waals surface area contributed by atoms with E-state index in [0.29, 0.717) is 15.1 Å². The highest BCUT2D eigenvalue weighted by atomic mass is 79.9. The van der Waals surface area contributed by atoms with E-state index in [2.05, 4.69) is 15.9 Å². The summed E-state index contributed by atoms with van der Waals surface area (Å²) < 4.78 is 14.2. The number of rotatable bonds is 3. The van der Waals surface area contributed by atoms with Crippen molar-refractivity contribution in [2.75, 3.05) is 0 Å². The summed E-state index contributed by atoms with van der Waals surface area (Å²) in [6.07, 6.45) is 0.904. The van der Waals surface area contributed by atoms with Gasteiger partial charge < -0.3 is 0 Å². The van der Waals surface area contributed by atoms with Gasteiger partial charge in [0.05, 0.1) is 10.4 Å². The first-order chi connectivity index (χ1) is 6.97. The van der Waals surface area contributed by atoms with E-state index >= 15 is 0 Å². The quantitative estimate of drug-likeness (QED) is 0.505. The molecular weight excluding hydrogens is 302 g/mol. The number of hydrogen-bond acceptors (Lipinski definition) is 0. The molecule has 0 heterocycles. The van der Waals surface area contributed by atoms with Crippen molar-refractivity contribution in [2.45, 2.75) is 25.6 Å². The molecule has 0 aliphatic heterocycles. The van der Waals surface area contributed by atoms with Crippen LogP contribution in [-0.4, -0.2) is 0 Å². The van der Waals surface area contributed by atoms with Gasteiger partial charge in [-0.15, -0.1) is 11.6 Å². The Morgan fingerprint density at radius 3 is 2.60 bits per heavy atom. The van der Waals surface area contributed by atoms with Crippen LogP contribution in [0.1, 0.15) is 31.2 Å². The van der Waals surface area contributed by atoms with Crippen molar-refractivity contribution in [1.29, 1.82) is 0 Å². The molecule has 15 heavy (non-hydrogen) atoms. The van der Waals surface area contributed by atoms with Crippen LogP contribution >= 0.6 is 39.1 Å². The lowest BCUT2D eigenvalue weighted by molar-refractivity contribution is 0.516. The molecular formula is C11H12BrCl2F. The minimum Gasteiger partial charge on any atom is -0.207 e. The zero-order valence-corrected chi connectivity index (χ0v) is 11.6. The third kappa shape index (κ3) is 3.08. The molecule has 0 saturated heterocycles. The molecule has 2 unspecified atom stereocenters. The summed E-state index contributed by atoms with van der Waals surface area (Å²) in [5.41, 5.74) is 0.471. The van der Waals surface area contributed by atoms with Gasteiger partial charge in [-0.3, -0.25) is 0 Å². The van der Waals surface area contributed by atoms with Crippen LogP contribution in [0.4, 0.5) is 4.39 Å². The molecule has 0 spiro atoms. The molecule has 0 fully saturated rings. The van der Waals surface area contributed by atoms with E-state index < -0.39 is 0 Å². The smallest absolute Gasteiger partial charge is 0.129 e. The van der Waals surface area contributed by atoms with E-state index in [-0.39, 0.29) is 17.1 Å². The maximum Gasteiger partial charge on any atom is 0.129 e. The molecule has 4 heteroatoms. The van der Waals surface area contributed by atoms with Crippen molar-refractivity contribution in [3.63, 3.8) is 0 Å². The number of hydrogen-bond donors (Lipinski definition) is 0. The van der Waals surface area contributed by atoms with Crippen molar-refractivity contribution >= 4 is 39.1 Å². The van der Waals surface area contributed by atoms with Gasteiger partial charge in [-0.1, -0.05) is 31.9 Å². The van der Waals surface area contributed by atoms with E-state index in [4.69, 9.17) is 23.2 Å². The van der Waals surface area contributed by atoms with Crippen LogP contribution in [0.5, 0.6) is 0 Å². The highest BCUT2D eigenvalue weighted by Crippen LogP contribution is 2.36. The van der Waals surface area contributed by atoms with Crippen molar-refractivity contribution in [1.82, 2.24) is 0 Å². The maximum absolute atomic E-state index is 13.6. The Kier molecular flexibility index (Phi) is 4.88. The first-order valence-corrected chi connectivity index (χ1v) is 6.36. The van der Waals surface area contributed by atoms with Crippen LogP contribution in [-0.2, 0) is 0 Å². The van der Waals surface area contributed by atoms with Gasteiger partial charge in [0.1, 0.15) is 5.82 Å². The molecule has 0 aliphatic carbocycles. The van der Waals surface area contributed by atoms with E-state index in [0.717, 1.165) is 6.42 Å². The second-order valence-corrected chi connectivity index (χ2v) is 5.31. The van der Waals surface area contributed by atoms with Gasteiger partial charge in [-0.2, -0.15) is 0 Å². The second-order valence-electron chi connectivity index (χ2n) is 3.58. The third-order valence-electron chi connectivity index (χ3n) is 2.48. The monoisotopic (exact) mass is 312 g/mol. The Hall–Kier alpha value is 0.210. The van der Waals surface area contributed by atoms with Gasteiger partial charge >= 0.3 is 0 Å². The summed E-state index contributed by atoms with van der Waals surface area (Å²) in [7, 11) is 0. The lowest BCUT2D eigenvalue weighted by Gasteiger charge is -2.17. The molecule has 0 N–H and O–H groups in total. The summed E-state index contributed by atoms with van der Waals surface area (Å²) >= 11 is 15.2. The first kappa shape index (κ1) is 13.3. The molecule has 0 bridgehead atoms. The van der Waals surface area contributed by atoms with E-state index in [1.165, 1.54) is 6.07 Å². The molecule has 0 aliphatic rings. The van der Waals surface area contributed by atoms with E-state index in [1.807, 2.05) is 13.8 Å². The van der Waals surface area contributed by atoms with Gasteiger partial charge in [0.2, 0.25) is 0 Å². The minimum absolute atomic E-state index is 0.221. The molecule has 0 amide bonds. The lowest BCUT2D eigenvalue weighted by atomic mass is 9.98. The zero-order chi connectivity index (χ0) is 11.6. The van der Waals surface area contributed by atoms with Crippen molar-refractivity contribution in [3.8, 4) is 0 Å². The summed E-state index contributed by atoms with van der Waals surface area (Å²) in [5.74, 6) is -0.0926. The van der Waals surface area contributed by atoms with Crippen molar-refractivity contribution in [2.24, 2.45) is 5.92 Å². The van der Waals surface area contributed by atoms with Gasteiger partial charge in [-0.25, -0.2) is 4.39 Å². The first-order valence-electron chi connectivity index (χ1n) is 4.75. The summed E-state index contributed by atoms with van der Waals surface area (Å²) in [6, 6.07) is 2.94. The second kappa shape index (κ2) is 5.51. The summed E-state index contributed by atoms with van der Waals surface area (Å²) in [4.78, 5) is 0. The predicted molar refractivity (Wildman–Crippen MR) is 67.2 cm³/mol.